The molecular weight excluding hydrogens is 264 g/mol. The minimum atomic E-state index is -0.820. The minimum absolute atomic E-state index is 0.138. The van der Waals surface area contributed by atoms with Crippen molar-refractivity contribution in [2.24, 2.45) is 17.1 Å². The van der Waals surface area contributed by atoms with Crippen molar-refractivity contribution in [1.82, 2.24) is 4.90 Å². The Morgan fingerprint density at radius 3 is 2.16 bits per heavy atom. The van der Waals surface area contributed by atoms with Gasteiger partial charge in [0.1, 0.15) is 0 Å². The summed E-state index contributed by atoms with van der Waals surface area (Å²) in [5, 5.41) is 0. The molecule has 0 rings (SSSR count). The molecule has 0 radical (unpaired) electrons. The Kier molecular flexibility index (Phi) is 6.97. The number of hydrogen-bond donors (Lipinski definition) is 1. The molecule has 0 heterocycles. The van der Waals surface area contributed by atoms with Crippen LogP contribution in [-0.4, -0.2) is 42.5 Å². The van der Waals surface area contributed by atoms with Gasteiger partial charge in [0.05, 0.1) is 23.4 Å². The second-order valence-corrected chi connectivity index (χ2v) is 5.20. The third-order valence-corrected chi connectivity index (χ3v) is 3.98. The number of amides is 1. The van der Waals surface area contributed by atoms with E-state index < -0.39 is 5.41 Å². The molecule has 0 aromatic rings. The fourth-order valence-electron chi connectivity index (χ4n) is 2.14. The first kappa shape index (κ1) is 17.8. The maximum Gasteiger partial charge on any atom is 0.310 e. The van der Waals surface area contributed by atoms with Crippen LogP contribution in [0.4, 0.5) is 0 Å². The standard InChI is InChI=1S/C13H24N2O3S/c1-6-13(7-2,11(14)19)12(17)15(4)8-9(3)10(16)18-5/h9H,6-8H2,1-5H3,(H2,14,19). The van der Waals surface area contributed by atoms with E-state index in [-0.39, 0.29) is 29.3 Å². The lowest BCUT2D eigenvalue weighted by atomic mass is 9.80. The second kappa shape index (κ2) is 7.43. The SMILES string of the molecule is CCC(CC)(C(=O)N(C)CC(C)C(=O)OC)C(N)=S. The average Bonchev–Trinajstić information content (AvgIpc) is 2.38. The minimum Gasteiger partial charge on any atom is -0.469 e. The van der Waals surface area contributed by atoms with Crippen molar-refractivity contribution in [3.8, 4) is 0 Å². The van der Waals surface area contributed by atoms with Crippen LogP contribution in [0.15, 0.2) is 0 Å². The van der Waals surface area contributed by atoms with Gasteiger partial charge in [0, 0.05) is 13.6 Å². The highest BCUT2D eigenvalue weighted by atomic mass is 32.1. The molecule has 0 saturated heterocycles. The molecule has 0 aromatic carbocycles. The van der Waals surface area contributed by atoms with Crippen molar-refractivity contribution < 1.29 is 14.3 Å². The molecule has 0 aliphatic carbocycles. The summed E-state index contributed by atoms with van der Waals surface area (Å²) >= 11 is 5.05. The molecular formula is C13H24N2O3S. The summed E-state index contributed by atoms with van der Waals surface area (Å²) in [5.41, 5.74) is 4.92. The predicted octanol–water partition coefficient (Wildman–Crippen LogP) is 1.35. The number of hydrogen-bond acceptors (Lipinski definition) is 4. The fourth-order valence-corrected chi connectivity index (χ4v) is 2.52. The third kappa shape index (κ3) is 3.89. The molecule has 19 heavy (non-hydrogen) atoms. The molecule has 0 aliphatic heterocycles. The van der Waals surface area contributed by atoms with Crippen molar-refractivity contribution in [1.29, 1.82) is 0 Å². The van der Waals surface area contributed by atoms with Crippen molar-refractivity contribution in [2.75, 3.05) is 20.7 Å². The summed E-state index contributed by atoms with van der Waals surface area (Å²) in [5.74, 6) is -0.856. The molecule has 0 fully saturated rings. The van der Waals surface area contributed by atoms with Gasteiger partial charge in [-0.15, -0.1) is 0 Å². The quantitative estimate of drug-likeness (QED) is 0.565. The van der Waals surface area contributed by atoms with Crippen LogP contribution in [0, 0.1) is 11.3 Å². The van der Waals surface area contributed by atoms with E-state index in [1.54, 1.807) is 14.0 Å². The molecule has 5 nitrogen and oxygen atoms in total. The zero-order valence-electron chi connectivity index (χ0n) is 12.4. The topological polar surface area (TPSA) is 72.6 Å². The molecule has 0 saturated carbocycles. The first-order valence-electron chi connectivity index (χ1n) is 6.40. The van der Waals surface area contributed by atoms with E-state index in [1.807, 2.05) is 13.8 Å². The Bertz CT molecular complexity index is 354. The molecule has 1 amide bonds. The van der Waals surface area contributed by atoms with E-state index in [0.717, 1.165) is 0 Å². The number of nitrogens with zero attached hydrogens (tertiary/aromatic N) is 1. The van der Waals surface area contributed by atoms with Gasteiger partial charge in [0.25, 0.3) is 0 Å². The Morgan fingerprint density at radius 2 is 1.84 bits per heavy atom. The first-order chi connectivity index (χ1) is 8.76. The smallest absolute Gasteiger partial charge is 0.310 e. The molecule has 0 aliphatic rings. The summed E-state index contributed by atoms with van der Waals surface area (Å²) in [6.45, 7) is 5.78. The largest absolute Gasteiger partial charge is 0.469 e. The van der Waals surface area contributed by atoms with Gasteiger partial charge in [0.15, 0.2) is 0 Å². The van der Waals surface area contributed by atoms with Gasteiger partial charge < -0.3 is 15.4 Å². The number of esters is 1. The number of rotatable bonds is 7. The van der Waals surface area contributed by atoms with Gasteiger partial charge in [-0.25, -0.2) is 0 Å². The highest BCUT2D eigenvalue weighted by Gasteiger charge is 2.40. The van der Waals surface area contributed by atoms with Crippen LogP contribution >= 0.6 is 12.2 Å². The van der Waals surface area contributed by atoms with Gasteiger partial charge in [-0.2, -0.15) is 0 Å². The number of carbonyl (C=O) groups is 2. The summed E-state index contributed by atoms with van der Waals surface area (Å²) in [7, 11) is 2.98. The van der Waals surface area contributed by atoms with Crippen LogP contribution < -0.4 is 5.73 Å². The lowest BCUT2D eigenvalue weighted by Gasteiger charge is -2.34. The number of nitrogens with two attached hydrogens (primary N) is 1. The van der Waals surface area contributed by atoms with Crippen LogP contribution in [0.5, 0.6) is 0 Å². The zero-order chi connectivity index (χ0) is 15.2. The Hall–Kier alpha value is -1.17. The van der Waals surface area contributed by atoms with Crippen molar-refractivity contribution in [2.45, 2.75) is 33.6 Å². The predicted molar refractivity (Wildman–Crippen MR) is 78.6 cm³/mol. The van der Waals surface area contributed by atoms with E-state index in [9.17, 15) is 9.59 Å². The lowest BCUT2D eigenvalue weighted by Crippen LogP contribution is -2.50. The molecule has 1 atom stereocenters. The van der Waals surface area contributed by atoms with Crippen LogP contribution in [0.1, 0.15) is 33.6 Å². The zero-order valence-corrected chi connectivity index (χ0v) is 13.2. The summed E-state index contributed by atoms with van der Waals surface area (Å²) in [6, 6.07) is 0. The molecule has 0 aromatic heterocycles. The highest BCUT2D eigenvalue weighted by molar-refractivity contribution is 7.80. The van der Waals surface area contributed by atoms with Crippen molar-refractivity contribution in [3.63, 3.8) is 0 Å². The van der Waals surface area contributed by atoms with Crippen LogP contribution in [0.25, 0.3) is 0 Å². The van der Waals surface area contributed by atoms with Gasteiger partial charge in [-0.05, 0) is 12.8 Å². The fraction of sp³-hybridized carbons (Fsp3) is 0.769. The monoisotopic (exact) mass is 288 g/mol. The highest BCUT2D eigenvalue weighted by Crippen LogP contribution is 2.29. The van der Waals surface area contributed by atoms with Crippen LogP contribution in [-0.2, 0) is 14.3 Å². The second-order valence-electron chi connectivity index (χ2n) is 4.76. The molecule has 1 unspecified atom stereocenters. The number of carbonyl (C=O) groups excluding carboxylic acids is 2. The Labute approximate surface area is 120 Å². The average molecular weight is 288 g/mol. The normalized spacial score (nSPS) is 12.7. The molecule has 0 bridgehead atoms. The van der Waals surface area contributed by atoms with E-state index in [4.69, 9.17) is 18.0 Å². The summed E-state index contributed by atoms with van der Waals surface area (Å²) in [6.07, 6.45) is 1.10. The van der Waals surface area contributed by atoms with Crippen molar-refractivity contribution in [3.05, 3.63) is 0 Å². The van der Waals surface area contributed by atoms with E-state index >= 15 is 0 Å². The van der Waals surface area contributed by atoms with Crippen LogP contribution in [0.3, 0.4) is 0 Å². The van der Waals surface area contributed by atoms with Gasteiger partial charge in [-0.3, -0.25) is 9.59 Å². The maximum atomic E-state index is 12.5. The first-order valence-corrected chi connectivity index (χ1v) is 6.80. The van der Waals surface area contributed by atoms with E-state index in [2.05, 4.69) is 4.74 Å². The van der Waals surface area contributed by atoms with Gasteiger partial charge in [-0.1, -0.05) is 33.0 Å². The number of methoxy groups -OCH3 is 1. The molecule has 2 N–H and O–H groups in total. The molecule has 0 spiro atoms. The van der Waals surface area contributed by atoms with Gasteiger partial charge in [0.2, 0.25) is 5.91 Å². The maximum absolute atomic E-state index is 12.5. The molecule has 6 heteroatoms. The lowest BCUT2D eigenvalue weighted by molar-refractivity contribution is -0.147. The Morgan fingerprint density at radius 1 is 1.37 bits per heavy atom. The molecule has 110 valence electrons. The third-order valence-electron chi connectivity index (χ3n) is 3.59. The van der Waals surface area contributed by atoms with Gasteiger partial charge >= 0.3 is 5.97 Å². The number of ether oxygens (including phenoxy) is 1. The Balaban J connectivity index is 4.98. The summed E-state index contributed by atoms with van der Waals surface area (Å²) < 4.78 is 4.65. The summed E-state index contributed by atoms with van der Waals surface area (Å²) in [4.78, 5) is 25.6. The van der Waals surface area contributed by atoms with E-state index in [1.165, 1.54) is 12.0 Å². The van der Waals surface area contributed by atoms with Crippen LogP contribution in [0.2, 0.25) is 0 Å². The van der Waals surface area contributed by atoms with E-state index in [0.29, 0.717) is 12.8 Å². The van der Waals surface area contributed by atoms with Crippen molar-refractivity contribution >= 4 is 29.1 Å². The number of thiocarbonyl (C=S) groups is 1.